The molecule has 0 bridgehead atoms. The number of carbonyl (C=O) groups is 2. The quantitative estimate of drug-likeness (QED) is 0.842. The third-order valence-electron chi connectivity index (χ3n) is 4.36. The van der Waals surface area contributed by atoms with Crippen LogP contribution in [0.1, 0.15) is 25.8 Å². The molecule has 0 N–H and O–H groups in total. The molecule has 2 heterocycles. The molecule has 0 unspecified atom stereocenters. The highest BCUT2D eigenvalue weighted by molar-refractivity contribution is 5.94. The van der Waals surface area contributed by atoms with Gasteiger partial charge in [-0.05, 0) is 31.0 Å². The Morgan fingerprint density at radius 1 is 1.21 bits per heavy atom. The molecule has 2 aromatic rings. The lowest BCUT2D eigenvalue weighted by Gasteiger charge is -2.39. The number of piperazine rings is 1. The normalized spacial score (nSPS) is 18.3. The van der Waals surface area contributed by atoms with Crippen molar-refractivity contribution in [3.63, 3.8) is 0 Å². The van der Waals surface area contributed by atoms with Crippen molar-refractivity contribution < 1.29 is 9.59 Å². The summed E-state index contributed by atoms with van der Waals surface area (Å²) in [7, 11) is 0. The maximum absolute atomic E-state index is 12.5. The van der Waals surface area contributed by atoms with Gasteiger partial charge in [0.05, 0.1) is 12.2 Å². The zero-order valence-corrected chi connectivity index (χ0v) is 14.1. The molecular weight excluding hydrogens is 304 g/mol. The van der Waals surface area contributed by atoms with Gasteiger partial charge in [0.25, 0.3) is 0 Å². The lowest BCUT2D eigenvalue weighted by atomic mass is 10.1. The number of carbonyl (C=O) groups excluding carboxylic acids is 2. The van der Waals surface area contributed by atoms with Crippen LogP contribution in [0.15, 0.2) is 42.7 Å². The third-order valence-corrected chi connectivity index (χ3v) is 4.36. The van der Waals surface area contributed by atoms with E-state index < -0.39 is 6.04 Å². The van der Waals surface area contributed by atoms with Crippen molar-refractivity contribution >= 4 is 11.8 Å². The topological polar surface area (TPSA) is 58.4 Å². The number of benzene rings is 1. The van der Waals surface area contributed by atoms with Gasteiger partial charge in [0, 0.05) is 25.5 Å². The third kappa shape index (κ3) is 3.04. The highest BCUT2D eigenvalue weighted by atomic mass is 16.2. The molecule has 2 amide bonds. The van der Waals surface area contributed by atoms with E-state index in [1.165, 1.54) is 0 Å². The van der Waals surface area contributed by atoms with Crippen LogP contribution in [0.4, 0.5) is 0 Å². The summed E-state index contributed by atoms with van der Waals surface area (Å²) in [5.74, 6) is 0.0128. The fraction of sp³-hybridized carbons (Fsp3) is 0.389. The average molecular weight is 326 g/mol. The van der Waals surface area contributed by atoms with Crippen molar-refractivity contribution in [1.82, 2.24) is 19.6 Å². The second kappa shape index (κ2) is 6.86. The summed E-state index contributed by atoms with van der Waals surface area (Å²) in [5.41, 5.74) is 1.89. The molecule has 1 saturated heterocycles. The second-order valence-corrected chi connectivity index (χ2v) is 6.04. The highest BCUT2D eigenvalue weighted by Crippen LogP contribution is 2.20. The van der Waals surface area contributed by atoms with Crippen molar-refractivity contribution in [3.8, 4) is 5.69 Å². The average Bonchev–Trinajstić information content (AvgIpc) is 3.11. The zero-order valence-electron chi connectivity index (χ0n) is 14.1. The van der Waals surface area contributed by atoms with E-state index in [1.54, 1.807) is 27.6 Å². The van der Waals surface area contributed by atoms with Crippen LogP contribution in [0.25, 0.3) is 5.69 Å². The summed E-state index contributed by atoms with van der Waals surface area (Å²) in [6.07, 6.45) is 4.44. The molecule has 3 rings (SSSR count). The van der Waals surface area contributed by atoms with Crippen molar-refractivity contribution in [3.05, 3.63) is 48.3 Å². The van der Waals surface area contributed by atoms with Crippen LogP contribution in [0, 0.1) is 0 Å². The molecule has 126 valence electrons. The summed E-state index contributed by atoms with van der Waals surface area (Å²) in [6, 6.07) is 9.23. The molecule has 6 nitrogen and oxygen atoms in total. The van der Waals surface area contributed by atoms with E-state index >= 15 is 0 Å². The molecule has 6 heteroatoms. The minimum absolute atomic E-state index is 0.00850. The summed E-state index contributed by atoms with van der Waals surface area (Å²) in [5, 5.41) is 4.27. The van der Waals surface area contributed by atoms with Crippen LogP contribution in [-0.4, -0.2) is 50.5 Å². The molecule has 1 fully saturated rings. The number of amides is 2. The molecule has 1 aliphatic heterocycles. The summed E-state index contributed by atoms with van der Waals surface area (Å²) in [4.78, 5) is 28.4. The van der Waals surface area contributed by atoms with E-state index in [0.29, 0.717) is 13.1 Å². The monoisotopic (exact) mass is 326 g/mol. The Hall–Kier alpha value is -2.63. The molecule has 0 saturated carbocycles. The Morgan fingerprint density at radius 3 is 2.71 bits per heavy atom. The van der Waals surface area contributed by atoms with Gasteiger partial charge in [-0.3, -0.25) is 9.59 Å². The maximum atomic E-state index is 12.5. The Kier molecular flexibility index (Phi) is 4.64. The Labute approximate surface area is 141 Å². The first-order chi connectivity index (χ1) is 11.6. The van der Waals surface area contributed by atoms with E-state index in [1.807, 2.05) is 43.5 Å². The van der Waals surface area contributed by atoms with Crippen LogP contribution in [0.5, 0.6) is 0 Å². The van der Waals surface area contributed by atoms with E-state index in [2.05, 4.69) is 5.10 Å². The summed E-state index contributed by atoms with van der Waals surface area (Å²) >= 11 is 0. The van der Waals surface area contributed by atoms with E-state index in [4.69, 9.17) is 0 Å². The number of para-hydroxylation sites is 1. The molecule has 0 spiro atoms. The first-order valence-electron chi connectivity index (χ1n) is 8.28. The first kappa shape index (κ1) is 16.2. The lowest BCUT2D eigenvalue weighted by Crippen LogP contribution is -2.58. The molecular formula is C18H22N4O2. The molecule has 1 aromatic carbocycles. The number of rotatable bonds is 5. The van der Waals surface area contributed by atoms with E-state index in [0.717, 1.165) is 17.7 Å². The Bertz CT molecular complexity index is 726. The number of nitrogens with zero attached hydrogens (tertiary/aromatic N) is 4. The lowest BCUT2D eigenvalue weighted by molar-refractivity contribution is -0.155. The zero-order chi connectivity index (χ0) is 17.1. The van der Waals surface area contributed by atoms with Crippen LogP contribution in [0.3, 0.4) is 0 Å². The van der Waals surface area contributed by atoms with Crippen molar-refractivity contribution in [1.29, 1.82) is 0 Å². The van der Waals surface area contributed by atoms with E-state index in [-0.39, 0.29) is 18.4 Å². The largest absolute Gasteiger partial charge is 0.332 e. The van der Waals surface area contributed by atoms with Crippen molar-refractivity contribution in [2.75, 3.05) is 13.1 Å². The van der Waals surface area contributed by atoms with Crippen molar-refractivity contribution in [2.45, 2.75) is 32.9 Å². The van der Waals surface area contributed by atoms with Gasteiger partial charge in [-0.25, -0.2) is 4.68 Å². The number of hydrogen-bond acceptors (Lipinski definition) is 3. The fourth-order valence-corrected chi connectivity index (χ4v) is 3.09. The minimum atomic E-state index is -0.441. The molecule has 0 aliphatic carbocycles. The van der Waals surface area contributed by atoms with Gasteiger partial charge in [0.1, 0.15) is 6.04 Å². The highest BCUT2D eigenvalue weighted by Gasteiger charge is 2.36. The smallest absolute Gasteiger partial charge is 0.245 e. The van der Waals surface area contributed by atoms with Crippen LogP contribution < -0.4 is 0 Å². The fourth-order valence-electron chi connectivity index (χ4n) is 3.09. The van der Waals surface area contributed by atoms with Crippen molar-refractivity contribution in [2.24, 2.45) is 0 Å². The molecule has 24 heavy (non-hydrogen) atoms. The van der Waals surface area contributed by atoms with Gasteiger partial charge in [0.15, 0.2) is 0 Å². The van der Waals surface area contributed by atoms with Gasteiger partial charge in [-0.15, -0.1) is 0 Å². The predicted octanol–water partition coefficient (Wildman–Crippen LogP) is 1.84. The Morgan fingerprint density at radius 2 is 2.00 bits per heavy atom. The van der Waals surface area contributed by atoms with Crippen LogP contribution >= 0.6 is 0 Å². The van der Waals surface area contributed by atoms with E-state index in [9.17, 15) is 9.59 Å². The summed E-state index contributed by atoms with van der Waals surface area (Å²) < 4.78 is 1.78. The van der Waals surface area contributed by atoms with Crippen LogP contribution in [-0.2, 0) is 16.1 Å². The predicted molar refractivity (Wildman–Crippen MR) is 90.4 cm³/mol. The number of hydrogen-bond donors (Lipinski definition) is 0. The number of aromatic nitrogens is 2. The van der Waals surface area contributed by atoms with Gasteiger partial charge in [-0.1, -0.05) is 25.1 Å². The minimum Gasteiger partial charge on any atom is -0.332 e. The SMILES string of the molecule is CCCN1CC(=O)N(Cc2ccccc2-n2cccn2)[C@H](C)C1=O. The van der Waals surface area contributed by atoms with Gasteiger partial charge in [0.2, 0.25) is 11.8 Å². The van der Waals surface area contributed by atoms with Gasteiger partial charge < -0.3 is 9.80 Å². The Balaban J connectivity index is 1.84. The standard InChI is InChI=1S/C18H22N4O2/c1-3-10-20-13-17(23)21(14(2)18(20)24)12-15-7-4-5-8-16(15)22-11-6-9-19-22/h4-9,11,14H,3,10,12-13H2,1-2H3/t14-/m1/s1. The van der Waals surface area contributed by atoms with Crippen LogP contribution in [0.2, 0.25) is 0 Å². The molecule has 1 atom stereocenters. The molecule has 1 aliphatic rings. The second-order valence-electron chi connectivity index (χ2n) is 6.04. The van der Waals surface area contributed by atoms with Gasteiger partial charge in [-0.2, -0.15) is 5.10 Å². The maximum Gasteiger partial charge on any atom is 0.245 e. The summed E-state index contributed by atoms with van der Waals surface area (Å²) in [6.45, 7) is 5.02. The van der Waals surface area contributed by atoms with Gasteiger partial charge >= 0.3 is 0 Å². The first-order valence-corrected chi connectivity index (χ1v) is 8.28. The molecule has 0 radical (unpaired) electrons. The molecule has 1 aromatic heterocycles.